The van der Waals surface area contributed by atoms with Crippen molar-refractivity contribution >= 4 is 6.08 Å². The van der Waals surface area contributed by atoms with Gasteiger partial charge in [0.25, 0.3) is 0 Å². The van der Waals surface area contributed by atoms with Crippen molar-refractivity contribution in [2.45, 2.75) is 58.0 Å². The Morgan fingerprint density at radius 1 is 0.871 bits per heavy atom. The van der Waals surface area contributed by atoms with E-state index < -0.39 is 29.2 Å². The minimum absolute atomic E-state index is 0.0105. The van der Waals surface area contributed by atoms with Crippen LogP contribution in [-0.4, -0.2) is 6.18 Å². The van der Waals surface area contributed by atoms with Crippen LogP contribution in [-0.2, 0) is 6.42 Å². The second-order valence-corrected chi connectivity index (χ2v) is 8.38. The fraction of sp³-hybridized carbons (Fsp3) is 0.440. The van der Waals surface area contributed by atoms with Gasteiger partial charge in [-0.2, -0.15) is 13.2 Å². The zero-order valence-electron chi connectivity index (χ0n) is 17.4. The molecule has 0 heterocycles. The number of benzene rings is 2. The Morgan fingerprint density at radius 3 is 2.03 bits per heavy atom. The highest BCUT2D eigenvalue weighted by molar-refractivity contribution is 5.67. The molecule has 0 unspecified atom stereocenters. The molecule has 0 amide bonds. The van der Waals surface area contributed by atoms with Crippen molar-refractivity contribution in [1.82, 2.24) is 0 Å². The van der Waals surface area contributed by atoms with Crippen LogP contribution in [0.4, 0.5) is 26.3 Å². The van der Waals surface area contributed by atoms with E-state index in [1.54, 1.807) is 6.07 Å². The largest absolute Gasteiger partial charge is 0.409 e. The summed E-state index contributed by atoms with van der Waals surface area (Å²) in [5, 5.41) is 0. The van der Waals surface area contributed by atoms with Crippen LogP contribution in [0.1, 0.15) is 56.6 Å². The Kier molecular flexibility index (Phi) is 7.50. The van der Waals surface area contributed by atoms with E-state index in [2.05, 4.69) is 6.92 Å². The lowest BCUT2D eigenvalue weighted by atomic mass is 9.78. The number of hydrogen-bond acceptors (Lipinski definition) is 0. The molecule has 1 saturated carbocycles. The van der Waals surface area contributed by atoms with Crippen molar-refractivity contribution in [3.05, 3.63) is 65.0 Å². The highest BCUT2D eigenvalue weighted by Gasteiger charge is 2.23. The maximum Gasteiger partial charge on any atom is 0.409 e. The molecule has 0 saturated heterocycles. The highest BCUT2D eigenvalue weighted by atomic mass is 19.4. The number of alkyl halides is 3. The Morgan fingerprint density at radius 2 is 1.48 bits per heavy atom. The first-order valence-corrected chi connectivity index (χ1v) is 10.7. The highest BCUT2D eigenvalue weighted by Crippen LogP contribution is 2.34. The van der Waals surface area contributed by atoms with E-state index in [9.17, 15) is 26.3 Å². The van der Waals surface area contributed by atoms with E-state index in [1.165, 1.54) is 44.2 Å². The third-order valence-corrected chi connectivity index (χ3v) is 6.25. The molecule has 168 valence electrons. The summed E-state index contributed by atoms with van der Waals surface area (Å²) in [4.78, 5) is 0. The van der Waals surface area contributed by atoms with Crippen LogP contribution < -0.4 is 0 Å². The molecule has 31 heavy (non-hydrogen) atoms. The van der Waals surface area contributed by atoms with Gasteiger partial charge in [0.15, 0.2) is 0 Å². The van der Waals surface area contributed by atoms with Gasteiger partial charge in [0.2, 0.25) is 0 Å². The lowest BCUT2D eigenvalue weighted by Crippen LogP contribution is -2.14. The molecule has 0 bridgehead atoms. The van der Waals surface area contributed by atoms with Crippen molar-refractivity contribution in [1.29, 1.82) is 0 Å². The van der Waals surface area contributed by atoms with Crippen LogP contribution in [0.2, 0.25) is 0 Å². The number of rotatable bonds is 6. The molecule has 0 radical (unpaired) electrons. The van der Waals surface area contributed by atoms with Gasteiger partial charge in [0.05, 0.1) is 0 Å². The molecule has 1 aliphatic carbocycles. The molecule has 1 aliphatic rings. The Balaban J connectivity index is 1.70. The molecule has 0 nitrogen and oxygen atoms in total. The first-order valence-electron chi connectivity index (χ1n) is 10.7. The maximum atomic E-state index is 14.7. The first kappa shape index (κ1) is 23.4. The fourth-order valence-electron chi connectivity index (χ4n) is 4.32. The van der Waals surface area contributed by atoms with Gasteiger partial charge in [-0.3, -0.25) is 0 Å². The molecule has 2 aromatic rings. The van der Waals surface area contributed by atoms with E-state index in [1.807, 2.05) is 0 Å². The minimum atomic E-state index is -4.69. The van der Waals surface area contributed by atoms with Crippen LogP contribution in [0.25, 0.3) is 17.2 Å². The summed E-state index contributed by atoms with van der Waals surface area (Å²) in [5.74, 6) is -1.50. The zero-order valence-corrected chi connectivity index (χ0v) is 17.4. The minimum Gasteiger partial charge on any atom is -0.206 e. The first-order chi connectivity index (χ1) is 14.7. The standard InChI is InChI=1S/C25H26F6/c1-2-16-3-5-17(6-4-16)7-8-18-9-10-20(22(26)13-18)19-14-23(27)21(24(28)15-19)11-12-25(29,30)31/h9-17H,2-8H2,1H3. The Hall–Kier alpha value is -2.24. The molecule has 1 fully saturated rings. The molecule has 0 aliphatic heterocycles. The fourth-order valence-corrected chi connectivity index (χ4v) is 4.32. The van der Waals surface area contributed by atoms with E-state index in [4.69, 9.17) is 0 Å². The smallest absolute Gasteiger partial charge is 0.206 e. The van der Waals surface area contributed by atoms with Crippen LogP contribution in [0.15, 0.2) is 36.4 Å². The summed E-state index contributed by atoms with van der Waals surface area (Å²) in [5.41, 5.74) is -0.0297. The third-order valence-electron chi connectivity index (χ3n) is 6.25. The number of allylic oxidation sites excluding steroid dienone is 1. The van der Waals surface area contributed by atoms with Crippen LogP contribution in [0.5, 0.6) is 0 Å². The van der Waals surface area contributed by atoms with E-state index >= 15 is 0 Å². The van der Waals surface area contributed by atoms with Crippen molar-refractivity contribution in [2.75, 3.05) is 0 Å². The van der Waals surface area contributed by atoms with Gasteiger partial charge in [-0.15, -0.1) is 0 Å². The lowest BCUT2D eigenvalue weighted by Gasteiger charge is -2.27. The monoisotopic (exact) mass is 440 g/mol. The van der Waals surface area contributed by atoms with Gasteiger partial charge in [0.1, 0.15) is 17.5 Å². The average Bonchev–Trinajstić information content (AvgIpc) is 2.71. The van der Waals surface area contributed by atoms with Gasteiger partial charge in [-0.25, -0.2) is 13.2 Å². The summed E-state index contributed by atoms with van der Waals surface area (Å²) in [6.07, 6.45) is 3.26. The third kappa shape index (κ3) is 6.37. The van der Waals surface area contributed by atoms with Crippen molar-refractivity contribution < 1.29 is 26.3 Å². The molecule has 0 N–H and O–H groups in total. The van der Waals surface area contributed by atoms with Gasteiger partial charge in [-0.05, 0) is 60.1 Å². The summed E-state index contributed by atoms with van der Waals surface area (Å²) < 4.78 is 79.8. The number of halogens is 6. The van der Waals surface area contributed by atoms with Crippen LogP contribution in [0, 0.1) is 29.3 Å². The van der Waals surface area contributed by atoms with Crippen LogP contribution >= 0.6 is 0 Å². The van der Waals surface area contributed by atoms with Crippen molar-refractivity contribution in [3.63, 3.8) is 0 Å². The summed E-state index contributed by atoms with van der Waals surface area (Å²) in [7, 11) is 0. The summed E-state index contributed by atoms with van der Waals surface area (Å²) in [6.45, 7) is 2.22. The molecule has 2 aromatic carbocycles. The topological polar surface area (TPSA) is 0 Å². The predicted octanol–water partition coefficient (Wildman–Crippen LogP) is 8.50. The second-order valence-electron chi connectivity index (χ2n) is 8.38. The molecule has 6 heteroatoms. The number of aryl methyl sites for hydroxylation is 1. The molecule has 0 aromatic heterocycles. The lowest BCUT2D eigenvalue weighted by molar-refractivity contribution is -0.0790. The zero-order chi connectivity index (χ0) is 22.6. The summed E-state index contributed by atoms with van der Waals surface area (Å²) >= 11 is 0. The summed E-state index contributed by atoms with van der Waals surface area (Å²) in [6, 6.07) is 6.29. The van der Waals surface area contributed by atoms with Gasteiger partial charge in [-0.1, -0.05) is 51.2 Å². The van der Waals surface area contributed by atoms with E-state index in [0.29, 0.717) is 12.0 Å². The van der Waals surface area contributed by atoms with Gasteiger partial charge in [0, 0.05) is 17.2 Å². The van der Waals surface area contributed by atoms with Crippen LogP contribution in [0.3, 0.4) is 0 Å². The normalized spacial score (nSPS) is 19.8. The molecular weight excluding hydrogens is 414 g/mol. The molecule has 0 atom stereocenters. The predicted molar refractivity (Wildman–Crippen MR) is 111 cm³/mol. The van der Waals surface area contributed by atoms with Crippen molar-refractivity contribution in [2.24, 2.45) is 11.8 Å². The molecule has 0 spiro atoms. The van der Waals surface area contributed by atoms with Gasteiger partial charge < -0.3 is 0 Å². The maximum absolute atomic E-state index is 14.7. The second kappa shape index (κ2) is 9.92. The Bertz CT molecular complexity index is 897. The van der Waals surface area contributed by atoms with Gasteiger partial charge >= 0.3 is 6.18 Å². The molecule has 3 rings (SSSR count). The number of hydrogen-bond donors (Lipinski definition) is 0. The SMILES string of the molecule is CCC1CCC(CCc2ccc(-c3cc(F)c(C=CC(F)(F)F)c(F)c3)c(F)c2)CC1. The van der Waals surface area contributed by atoms with Crippen molar-refractivity contribution in [3.8, 4) is 11.1 Å². The Labute approximate surface area is 179 Å². The van der Waals surface area contributed by atoms with E-state index in [0.717, 1.165) is 36.5 Å². The average molecular weight is 440 g/mol. The quantitative estimate of drug-likeness (QED) is 0.395. The van der Waals surface area contributed by atoms with E-state index in [-0.39, 0.29) is 17.2 Å². The molecular formula is C25H26F6.